The molecule has 0 aromatic heterocycles. The number of aryl methyl sites for hydroxylation is 1. The molecular formula is C31H33F3O. The van der Waals surface area contributed by atoms with E-state index >= 15 is 4.39 Å². The predicted octanol–water partition coefficient (Wildman–Crippen LogP) is 9.49. The Morgan fingerprint density at radius 1 is 0.771 bits per heavy atom. The molecule has 1 fully saturated rings. The molecule has 184 valence electrons. The summed E-state index contributed by atoms with van der Waals surface area (Å²) in [7, 11) is 0. The maximum Gasteiger partial charge on any atom is 0.201 e. The van der Waals surface area contributed by atoms with E-state index in [2.05, 4.69) is 19.1 Å². The van der Waals surface area contributed by atoms with Gasteiger partial charge in [-0.15, -0.1) is 0 Å². The van der Waals surface area contributed by atoms with E-state index in [1.807, 2.05) is 25.1 Å². The fourth-order valence-corrected chi connectivity index (χ4v) is 5.92. The second kappa shape index (κ2) is 10.1. The summed E-state index contributed by atoms with van der Waals surface area (Å²) in [6, 6.07) is 13.4. The third-order valence-corrected chi connectivity index (χ3v) is 7.83. The summed E-state index contributed by atoms with van der Waals surface area (Å²) >= 11 is 0. The lowest BCUT2D eigenvalue weighted by atomic mass is 9.77. The molecule has 1 heterocycles. The van der Waals surface area contributed by atoms with Gasteiger partial charge >= 0.3 is 0 Å². The lowest BCUT2D eigenvalue weighted by molar-refractivity contribution is 0.308. The first-order valence-corrected chi connectivity index (χ1v) is 13.1. The van der Waals surface area contributed by atoms with Crippen LogP contribution in [0.25, 0.3) is 11.1 Å². The van der Waals surface area contributed by atoms with Crippen molar-refractivity contribution in [2.45, 2.75) is 77.6 Å². The molecule has 0 radical (unpaired) electrons. The number of benzene rings is 3. The van der Waals surface area contributed by atoms with E-state index in [0.717, 1.165) is 11.5 Å². The molecule has 1 aliphatic carbocycles. The number of hydrogen-bond acceptors (Lipinski definition) is 1. The van der Waals surface area contributed by atoms with Crippen molar-refractivity contribution in [2.75, 3.05) is 0 Å². The average molecular weight is 479 g/mol. The van der Waals surface area contributed by atoms with Crippen LogP contribution >= 0.6 is 0 Å². The standard InChI is InChI=1S/C31H33F3O/c1-3-5-19-7-9-20(10-8-19)21-11-13-22(14-12-21)26-16-15-24-18-25-17-23(6-4-2)27(32)29(34)31(25)35-30(24)28(26)33/h11-17,19-20H,3-10,18H2,1-2H3. The molecule has 0 saturated heterocycles. The summed E-state index contributed by atoms with van der Waals surface area (Å²) in [4.78, 5) is 0. The minimum atomic E-state index is -1.03. The number of halogens is 3. The fraction of sp³-hybridized carbons (Fsp3) is 0.419. The summed E-state index contributed by atoms with van der Waals surface area (Å²) in [5.74, 6) is -1.22. The van der Waals surface area contributed by atoms with Gasteiger partial charge in [0, 0.05) is 23.1 Å². The SMILES string of the molecule is CCCc1cc2c(c(F)c1F)Oc1c(ccc(-c3ccc(C4CCC(CCC)CC4)cc3)c1F)C2. The van der Waals surface area contributed by atoms with Crippen molar-refractivity contribution >= 4 is 0 Å². The molecule has 4 heteroatoms. The average Bonchev–Trinajstić information content (AvgIpc) is 2.88. The van der Waals surface area contributed by atoms with Gasteiger partial charge in [-0.3, -0.25) is 0 Å². The third kappa shape index (κ3) is 4.60. The van der Waals surface area contributed by atoms with Crippen molar-refractivity contribution in [1.82, 2.24) is 0 Å². The topological polar surface area (TPSA) is 9.23 Å². The predicted molar refractivity (Wildman–Crippen MR) is 135 cm³/mol. The van der Waals surface area contributed by atoms with E-state index in [4.69, 9.17) is 4.74 Å². The molecule has 35 heavy (non-hydrogen) atoms. The van der Waals surface area contributed by atoms with Gasteiger partial charge in [0.2, 0.25) is 5.82 Å². The summed E-state index contributed by atoms with van der Waals surface area (Å²) in [5.41, 5.74) is 4.03. The first-order valence-electron chi connectivity index (χ1n) is 13.1. The smallest absolute Gasteiger partial charge is 0.201 e. The van der Waals surface area contributed by atoms with Crippen molar-refractivity contribution < 1.29 is 17.9 Å². The van der Waals surface area contributed by atoms with Gasteiger partial charge < -0.3 is 4.74 Å². The highest BCUT2D eigenvalue weighted by Gasteiger charge is 2.28. The molecule has 3 aromatic rings. The van der Waals surface area contributed by atoms with Gasteiger partial charge in [0.25, 0.3) is 0 Å². The molecule has 1 aliphatic heterocycles. The molecule has 5 rings (SSSR count). The number of rotatable bonds is 6. The van der Waals surface area contributed by atoms with Crippen molar-refractivity contribution in [3.63, 3.8) is 0 Å². The second-order valence-corrected chi connectivity index (χ2v) is 10.2. The minimum absolute atomic E-state index is 0.00476. The zero-order chi connectivity index (χ0) is 24.5. The first-order chi connectivity index (χ1) is 17.0. The Hall–Kier alpha value is -2.75. The molecule has 1 saturated carbocycles. The molecule has 0 bridgehead atoms. The van der Waals surface area contributed by atoms with Gasteiger partial charge in [-0.1, -0.05) is 69.5 Å². The van der Waals surface area contributed by atoms with E-state index < -0.39 is 17.5 Å². The summed E-state index contributed by atoms with van der Waals surface area (Å²) < 4.78 is 50.6. The molecule has 0 N–H and O–H groups in total. The van der Waals surface area contributed by atoms with E-state index in [1.165, 1.54) is 44.1 Å². The van der Waals surface area contributed by atoms with Crippen LogP contribution in [0.5, 0.6) is 11.5 Å². The zero-order valence-corrected chi connectivity index (χ0v) is 20.6. The lowest BCUT2D eigenvalue weighted by Gasteiger charge is -2.28. The molecule has 2 aliphatic rings. The number of hydrogen-bond donors (Lipinski definition) is 0. The third-order valence-electron chi connectivity index (χ3n) is 7.83. The van der Waals surface area contributed by atoms with Crippen molar-refractivity contribution in [2.24, 2.45) is 5.92 Å². The van der Waals surface area contributed by atoms with Crippen LogP contribution in [-0.2, 0) is 12.8 Å². The molecule has 1 nitrogen and oxygen atoms in total. The lowest BCUT2D eigenvalue weighted by Crippen LogP contribution is -2.13. The summed E-state index contributed by atoms with van der Waals surface area (Å²) in [5, 5.41) is 0. The zero-order valence-electron chi connectivity index (χ0n) is 20.6. The maximum absolute atomic E-state index is 15.6. The Morgan fingerprint density at radius 3 is 2.17 bits per heavy atom. The molecule has 0 amide bonds. The highest BCUT2D eigenvalue weighted by Crippen LogP contribution is 2.44. The van der Waals surface area contributed by atoms with Crippen LogP contribution in [0.2, 0.25) is 0 Å². The van der Waals surface area contributed by atoms with E-state index in [9.17, 15) is 8.78 Å². The fourth-order valence-electron chi connectivity index (χ4n) is 5.92. The Morgan fingerprint density at radius 2 is 1.49 bits per heavy atom. The van der Waals surface area contributed by atoms with E-state index in [-0.39, 0.29) is 11.5 Å². The Bertz CT molecular complexity index is 1210. The van der Waals surface area contributed by atoms with Crippen LogP contribution in [0.4, 0.5) is 13.2 Å². The van der Waals surface area contributed by atoms with Crippen LogP contribution in [0, 0.1) is 23.4 Å². The van der Waals surface area contributed by atoms with Gasteiger partial charge in [0.15, 0.2) is 23.1 Å². The van der Waals surface area contributed by atoms with Gasteiger partial charge in [0.1, 0.15) is 0 Å². The Kier molecular flexibility index (Phi) is 6.91. The second-order valence-electron chi connectivity index (χ2n) is 10.2. The van der Waals surface area contributed by atoms with Crippen LogP contribution in [0.15, 0.2) is 42.5 Å². The Balaban J connectivity index is 1.38. The van der Waals surface area contributed by atoms with Gasteiger partial charge in [-0.25, -0.2) is 8.78 Å². The molecular weight excluding hydrogens is 445 g/mol. The maximum atomic E-state index is 15.6. The van der Waals surface area contributed by atoms with Crippen molar-refractivity contribution in [3.8, 4) is 22.6 Å². The van der Waals surface area contributed by atoms with Gasteiger partial charge in [-0.05, 0) is 66.7 Å². The normalized spacial score (nSPS) is 19.1. The van der Waals surface area contributed by atoms with E-state index in [1.54, 1.807) is 12.1 Å². The molecule has 0 atom stereocenters. The van der Waals surface area contributed by atoms with Crippen molar-refractivity contribution in [1.29, 1.82) is 0 Å². The van der Waals surface area contributed by atoms with Crippen LogP contribution < -0.4 is 4.74 Å². The largest absolute Gasteiger partial charge is 0.450 e. The van der Waals surface area contributed by atoms with Crippen molar-refractivity contribution in [3.05, 3.63) is 82.2 Å². The summed E-state index contributed by atoms with van der Waals surface area (Å²) in [6.45, 7) is 4.18. The molecule has 0 unspecified atom stereocenters. The Labute approximate surface area is 206 Å². The quantitative estimate of drug-likeness (QED) is 0.268. The van der Waals surface area contributed by atoms with Gasteiger partial charge in [0.05, 0.1) is 0 Å². The molecule has 0 spiro atoms. The van der Waals surface area contributed by atoms with E-state index in [0.29, 0.717) is 47.4 Å². The van der Waals surface area contributed by atoms with Gasteiger partial charge in [-0.2, -0.15) is 4.39 Å². The highest BCUT2D eigenvalue weighted by atomic mass is 19.2. The van der Waals surface area contributed by atoms with Crippen LogP contribution in [-0.4, -0.2) is 0 Å². The monoisotopic (exact) mass is 478 g/mol. The number of ether oxygens (including phenoxy) is 1. The highest BCUT2D eigenvalue weighted by molar-refractivity contribution is 5.69. The first kappa shape index (κ1) is 24.0. The van der Waals surface area contributed by atoms with Crippen LogP contribution in [0.3, 0.4) is 0 Å². The number of fused-ring (bicyclic) bond motifs is 2. The minimum Gasteiger partial charge on any atom is -0.450 e. The molecule has 3 aromatic carbocycles. The summed E-state index contributed by atoms with van der Waals surface area (Å²) in [6.07, 6.45) is 9.06. The van der Waals surface area contributed by atoms with Crippen LogP contribution in [0.1, 0.15) is 87.0 Å².